The smallest absolute Gasteiger partial charge is 0.339 e. The van der Waals surface area contributed by atoms with Gasteiger partial charge in [-0.15, -0.1) is 0 Å². The Morgan fingerprint density at radius 2 is 1.72 bits per heavy atom. The summed E-state index contributed by atoms with van der Waals surface area (Å²) in [5.74, 6) is -1.36. The first-order chi connectivity index (χ1) is 11.7. The van der Waals surface area contributed by atoms with Gasteiger partial charge in [0.05, 0.1) is 5.57 Å². The molecule has 3 rings (SSSR count). The lowest BCUT2D eigenvalue weighted by atomic mass is 9.97. The molecule has 0 unspecified atom stereocenters. The summed E-state index contributed by atoms with van der Waals surface area (Å²) in [7, 11) is -3.66. The molecule has 1 aliphatic rings. The van der Waals surface area contributed by atoms with E-state index in [2.05, 4.69) is 31.9 Å². The van der Waals surface area contributed by atoms with Gasteiger partial charge in [0, 0.05) is 20.8 Å². The van der Waals surface area contributed by atoms with Crippen molar-refractivity contribution in [1.82, 2.24) is 0 Å². The number of benzene rings is 2. The van der Waals surface area contributed by atoms with Crippen molar-refractivity contribution in [2.45, 2.75) is 4.90 Å². The summed E-state index contributed by atoms with van der Waals surface area (Å²) in [5.41, 5.74) is 1.88. The van der Waals surface area contributed by atoms with E-state index in [1.54, 1.807) is 18.2 Å². The van der Waals surface area contributed by atoms with E-state index in [0.717, 1.165) is 21.3 Å². The van der Waals surface area contributed by atoms with Crippen molar-refractivity contribution in [2.75, 3.05) is 12.9 Å². The fourth-order valence-electron chi connectivity index (χ4n) is 2.57. The third-order valence-corrected chi connectivity index (χ3v) is 6.75. The highest BCUT2D eigenvalue weighted by Gasteiger charge is 2.28. The molecule has 0 aliphatic carbocycles. The number of rotatable bonds is 3. The Labute approximate surface area is 160 Å². The number of ether oxygens (including phenoxy) is 1. The van der Waals surface area contributed by atoms with Crippen LogP contribution in [0, 0.1) is 5.82 Å². The van der Waals surface area contributed by atoms with Crippen LogP contribution in [-0.4, -0.2) is 27.2 Å². The van der Waals surface area contributed by atoms with Crippen molar-refractivity contribution < 1.29 is 22.3 Å². The molecular weight excluding hydrogens is 479 g/mol. The molecule has 0 spiro atoms. The van der Waals surface area contributed by atoms with E-state index < -0.39 is 21.6 Å². The quantitative estimate of drug-likeness (QED) is 0.605. The Balaban J connectivity index is 2.16. The van der Waals surface area contributed by atoms with E-state index in [9.17, 15) is 17.6 Å². The minimum atomic E-state index is -3.66. The van der Waals surface area contributed by atoms with Gasteiger partial charge in [-0.1, -0.05) is 12.1 Å². The Morgan fingerprint density at radius 3 is 2.32 bits per heavy atom. The molecule has 0 amide bonds. The predicted molar refractivity (Wildman–Crippen MR) is 99.1 cm³/mol. The molecular formula is C17H11Br2FO4S. The molecule has 130 valence electrons. The molecule has 0 saturated carbocycles. The normalized spacial score (nSPS) is 14.8. The molecule has 4 nitrogen and oxygen atoms in total. The van der Waals surface area contributed by atoms with Crippen LogP contribution in [-0.2, 0) is 19.4 Å². The molecule has 1 heterocycles. The maximum Gasteiger partial charge on any atom is 0.339 e. The van der Waals surface area contributed by atoms with Crippen molar-refractivity contribution in [3.05, 3.63) is 62.3 Å². The fraction of sp³-hybridized carbons (Fsp3) is 0.118. The zero-order chi connectivity index (χ0) is 18.4. The van der Waals surface area contributed by atoms with Crippen LogP contribution in [0.15, 0.2) is 50.2 Å². The van der Waals surface area contributed by atoms with Gasteiger partial charge >= 0.3 is 5.97 Å². The lowest BCUT2D eigenvalue weighted by Crippen LogP contribution is -2.02. The lowest BCUT2D eigenvalue weighted by Gasteiger charge is -2.08. The molecule has 0 aromatic heterocycles. The van der Waals surface area contributed by atoms with E-state index in [4.69, 9.17) is 4.74 Å². The van der Waals surface area contributed by atoms with E-state index in [1.165, 1.54) is 12.1 Å². The molecule has 0 N–H and O–H groups in total. The van der Waals surface area contributed by atoms with Gasteiger partial charge in [-0.25, -0.2) is 17.6 Å². The van der Waals surface area contributed by atoms with Crippen LogP contribution in [0.25, 0.3) is 11.1 Å². The highest BCUT2D eigenvalue weighted by atomic mass is 79.9. The molecule has 0 saturated heterocycles. The first kappa shape index (κ1) is 18.3. The molecule has 0 fully saturated rings. The van der Waals surface area contributed by atoms with Crippen molar-refractivity contribution in [3.63, 3.8) is 0 Å². The minimum Gasteiger partial charge on any atom is -0.457 e. The lowest BCUT2D eigenvalue weighted by molar-refractivity contribution is -0.133. The predicted octanol–water partition coefficient (Wildman–Crippen LogP) is 4.22. The standard InChI is InChI=1S/C17H11Br2FO4S/c1-25(22,23)15-5-3-9(7-14(15)20)11-8-24-17(21)16(11)10-2-4-12(18)13(19)6-10/h2-7H,8H2,1H3. The van der Waals surface area contributed by atoms with Gasteiger partial charge in [0.1, 0.15) is 17.3 Å². The summed E-state index contributed by atoms with van der Waals surface area (Å²) < 4.78 is 44.0. The molecule has 25 heavy (non-hydrogen) atoms. The number of carbonyl (C=O) groups is 1. The molecule has 1 aliphatic heterocycles. The summed E-state index contributed by atoms with van der Waals surface area (Å²) >= 11 is 6.75. The molecule has 0 atom stereocenters. The first-order valence-electron chi connectivity index (χ1n) is 7.04. The van der Waals surface area contributed by atoms with Gasteiger partial charge in [0.2, 0.25) is 0 Å². The minimum absolute atomic E-state index is 0.000485. The number of hydrogen-bond donors (Lipinski definition) is 0. The van der Waals surface area contributed by atoms with Gasteiger partial charge in [-0.2, -0.15) is 0 Å². The Hall–Kier alpha value is -1.51. The maximum atomic E-state index is 14.2. The average Bonchev–Trinajstić information content (AvgIpc) is 2.90. The average molecular weight is 490 g/mol. The molecule has 8 heteroatoms. The van der Waals surface area contributed by atoms with Crippen LogP contribution < -0.4 is 0 Å². The number of cyclic esters (lactones) is 1. The van der Waals surface area contributed by atoms with Crippen LogP contribution in [0.4, 0.5) is 4.39 Å². The summed E-state index contributed by atoms with van der Waals surface area (Å²) in [6.45, 7) is -0.000485. The van der Waals surface area contributed by atoms with E-state index in [1.807, 2.05) is 0 Å². The topological polar surface area (TPSA) is 60.4 Å². The highest BCUT2D eigenvalue weighted by Crippen LogP contribution is 2.36. The second-order valence-corrected chi connectivity index (χ2v) is 9.17. The zero-order valence-corrected chi connectivity index (χ0v) is 16.8. The number of esters is 1. The number of halogens is 3. The van der Waals surface area contributed by atoms with Crippen LogP contribution in [0.1, 0.15) is 11.1 Å². The largest absolute Gasteiger partial charge is 0.457 e. The van der Waals surface area contributed by atoms with E-state index >= 15 is 0 Å². The molecule has 0 bridgehead atoms. The van der Waals surface area contributed by atoms with Gasteiger partial charge in [0.15, 0.2) is 9.84 Å². The number of carbonyl (C=O) groups excluding carboxylic acids is 1. The van der Waals surface area contributed by atoms with Gasteiger partial charge < -0.3 is 4.74 Å². The second kappa shape index (κ2) is 6.66. The molecule has 2 aromatic rings. The third kappa shape index (κ3) is 3.56. The van der Waals surface area contributed by atoms with Crippen LogP contribution in [0.2, 0.25) is 0 Å². The summed E-state index contributed by atoms with van der Waals surface area (Å²) in [4.78, 5) is 11.8. The van der Waals surface area contributed by atoms with Crippen LogP contribution >= 0.6 is 31.9 Å². The summed E-state index contributed by atoms with van der Waals surface area (Å²) in [5, 5.41) is 0. The summed E-state index contributed by atoms with van der Waals surface area (Å²) in [6, 6.07) is 9.07. The third-order valence-electron chi connectivity index (χ3n) is 3.74. The summed E-state index contributed by atoms with van der Waals surface area (Å²) in [6.07, 6.45) is 0.942. The monoisotopic (exact) mass is 488 g/mol. The van der Waals surface area contributed by atoms with Crippen molar-refractivity contribution in [3.8, 4) is 0 Å². The number of hydrogen-bond acceptors (Lipinski definition) is 4. The molecule has 0 radical (unpaired) electrons. The first-order valence-corrected chi connectivity index (χ1v) is 10.5. The van der Waals surface area contributed by atoms with E-state index in [0.29, 0.717) is 22.3 Å². The fourth-order valence-corrected chi connectivity index (χ4v) is 3.92. The number of sulfone groups is 1. The Morgan fingerprint density at radius 1 is 1.04 bits per heavy atom. The molecule has 2 aromatic carbocycles. The SMILES string of the molecule is CS(=O)(=O)c1ccc(C2=C(c3ccc(Br)c(Br)c3)C(=O)OC2)cc1F. The van der Waals surface area contributed by atoms with Gasteiger partial charge in [0.25, 0.3) is 0 Å². The van der Waals surface area contributed by atoms with Gasteiger partial charge in [-0.05, 0) is 67.3 Å². The van der Waals surface area contributed by atoms with Crippen LogP contribution in [0.5, 0.6) is 0 Å². The van der Waals surface area contributed by atoms with E-state index in [-0.39, 0.29) is 11.5 Å². The van der Waals surface area contributed by atoms with Gasteiger partial charge in [-0.3, -0.25) is 0 Å². The Bertz CT molecular complexity index is 1030. The van der Waals surface area contributed by atoms with Crippen molar-refractivity contribution in [1.29, 1.82) is 0 Å². The van der Waals surface area contributed by atoms with Crippen LogP contribution in [0.3, 0.4) is 0 Å². The maximum absolute atomic E-state index is 14.2. The van der Waals surface area contributed by atoms with Crippen molar-refractivity contribution in [2.24, 2.45) is 0 Å². The Kier molecular flexibility index (Phi) is 4.87. The highest BCUT2D eigenvalue weighted by molar-refractivity contribution is 9.13. The van der Waals surface area contributed by atoms with Crippen molar-refractivity contribution >= 4 is 58.8 Å². The second-order valence-electron chi connectivity index (χ2n) is 5.48. The zero-order valence-electron chi connectivity index (χ0n) is 12.8.